The number of rotatable bonds is 11. The molecule has 0 aliphatic rings. The normalized spacial score (nSPS) is 11.6. The molecule has 0 saturated carbocycles. The number of ether oxygens (including phenoxy) is 1. The zero-order valence-corrected chi connectivity index (χ0v) is 16.1. The van der Waals surface area contributed by atoms with Crippen LogP contribution in [0.25, 0.3) is 0 Å². The number of aliphatic hydroxyl groups excluding tert-OH is 1. The number of aromatic nitrogens is 3. The van der Waals surface area contributed by atoms with Gasteiger partial charge in [-0.25, -0.2) is 4.68 Å². The van der Waals surface area contributed by atoms with Gasteiger partial charge in [-0.1, -0.05) is 77.1 Å². The van der Waals surface area contributed by atoms with Crippen LogP contribution in [0.15, 0.2) is 84.7 Å². The Morgan fingerprint density at radius 2 is 1.76 bits per heavy atom. The number of hydrogen-bond donors (Lipinski definition) is 1. The second-order valence-corrected chi connectivity index (χ2v) is 6.36. The highest BCUT2D eigenvalue weighted by Crippen LogP contribution is 2.12. The van der Waals surface area contributed by atoms with E-state index in [9.17, 15) is 5.11 Å². The minimum atomic E-state index is -0.675. The van der Waals surface area contributed by atoms with Gasteiger partial charge >= 0.3 is 0 Å². The molecular formula is C22H24N4O3. The summed E-state index contributed by atoms with van der Waals surface area (Å²) in [5.41, 5.74) is 3.29. The Kier molecular flexibility index (Phi) is 7.68. The SMILES string of the molecule is C=CCOCC(O)Cn1cc(CON=C(c2ccccc2)c2ccccc2)nn1. The number of hydrogen-bond acceptors (Lipinski definition) is 6. The molecule has 0 spiro atoms. The van der Waals surface area contributed by atoms with Crippen LogP contribution in [0, 0.1) is 0 Å². The molecule has 1 atom stereocenters. The Balaban J connectivity index is 1.61. The van der Waals surface area contributed by atoms with Crippen LogP contribution >= 0.6 is 0 Å². The maximum Gasteiger partial charge on any atom is 0.162 e. The highest BCUT2D eigenvalue weighted by atomic mass is 16.6. The quantitative estimate of drug-likeness (QED) is 0.235. The number of oxime groups is 1. The van der Waals surface area contributed by atoms with Gasteiger partial charge in [-0.05, 0) is 0 Å². The molecule has 0 amide bonds. The van der Waals surface area contributed by atoms with Gasteiger partial charge in [-0.2, -0.15) is 0 Å². The smallest absolute Gasteiger partial charge is 0.162 e. The van der Waals surface area contributed by atoms with Crippen molar-refractivity contribution in [2.75, 3.05) is 13.2 Å². The molecule has 1 N–H and O–H groups in total. The molecule has 0 saturated heterocycles. The lowest BCUT2D eigenvalue weighted by molar-refractivity contribution is 0.0373. The summed E-state index contributed by atoms with van der Waals surface area (Å²) < 4.78 is 6.78. The molecule has 0 aliphatic heterocycles. The molecule has 150 valence electrons. The lowest BCUT2D eigenvalue weighted by atomic mass is 10.0. The van der Waals surface area contributed by atoms with Crippen LogP contribution in [0.3, 0.4) is 0 Å². The van der Waals surface area contributed by atoms with Crippen molar-refractivity contribution >= 4 is 5.71 Å². The first-order valence-electron chi connectivity index (χ1n) is 9.33. The lowest BCUT2D eigenvalue weighted by Crippen LogP contribution is -2.22. The molecule has 1 aromatic heterocycles. The second kappa shape index (κ2) is 10.9. The largest absolute Gasteiger partial charge is 0.389 e. The van der Waals surface area contributed by atoms with E-state index in [-0.39, 0.29) is 19.8 Å². The predicted octanol–water partition coefficient (Wildman–Crippen LogP) is 2.81. The third-order valence-electron chi connectivity index (χ3n) is 3.99. The van der Waals surface area contributed by atoms with Crippen molar-refractivity contribution in [1.82, 2.24) is 15.0 Å². The summed E-state index contributed by atoms with van der Waals surface area (Å²) in [5, 5.41) is 22.3. The van der Waals surface area contributed by atoms with Gasteiger partial charge in [-0.3, -0.25) is 0 Å². The van der Waals surface area contributed by atoms with E-state index in [0.29, 0.717) is 12.3 Å². The Morgan fingerprint density at radius 1 is 1.10 bits per heavy atom. The molecule has 0 fully saturated rings. The van der Waals surface area contributed by atoms with Gasteiger partial charge in [0.05, 0.1) is 32.1 Å². The number of nitrogens with zero attached hydrogens (tertiary/aromatic N) is 4. The van der Waals surface area contributed by atoms with E-state index in [2.05, 4.69) is 22.0 Å². The molecule has 3 rings (SSSR count). The van der Waals surface area contributed by atoms with E-state index >= 15 is 0 Å². The van der Waals surface area contributed by atoms with Crippen LogP contribution in [0.4, 0.5) is 0 Å². The highest BCUT2D eigenvalue weighted by molar-refractivity contribution is 6.12. The van der Waals surface area contributed by atoms with Crippen molar-refractivity contribution in [2.24, 2.45) is 5.16 Å². The molecular weight excluding hydrogens is 368 g/mol. The monoisotopic (exact) mass is 392 g/mol. The van der Waals surface area contributed by atoms with Gasteiger partial charge in [0, 0.05) is 11.1 Å². The first kappa shape index (κ1) is 20.4. The highest BCUT2D eigenvalue weighted by Gasteiger charge is 2.10. The minimum Gasteiger partial charge on any atom is -0.389 e. The van der Waals surface area contributed by atoms with Crippen molar-refractivity contribution in [1.29, 1.82) is 0 Å². The summed E-state index contributed by atoms with van der Waals surface area (Å²) in [6.45, 7) is 4.63. The molecule has 0 bridgehead atoms. The van der Waals surface area contributed by atoms with Crippen LogP contribution in [0.5, 0.6) is 0 Å². The van der Waals surface area contributed by atoms with Gasteiger partial charge in [0.2, 0.25) is 0 Å². The van der Waals surface area contributed by atoms with Crippen LogP contribution in [-0.4, -0.2) is 45.1 Å². The van der Waals surface area contributed by atoms with Crippen LogP contribution in [0.2, 0.25) is 0 Å². The molecule has 0 radical (unpaired) electrons. The minimum absolute atomic E-state index is 0.173. The van der Waals surface area contributed by atoms with Crippen LogP contribution in [0.1, 0.15) is 16.8 Å². The summed E-state index contributed by atoms with van der Waals surface area (Å²) in [6.07, 6.45) is 2.68. The van der Waals surface area contributed by atoms with Crippen molar-refractivity contribution in [3.63, 3.8) is 0 Å². The lowest BCUT2D eigenvalue weighted by Gasteiger charge is -2.09. The average molecular weight is 392 g/mol. The number of aliphatic hydroxyl groups is 1. The molecule has 29 heavy (non-hydrogen) atoms. The van der Waals surface area contributed by atoms with Crippen molar-refractivity contribution in [3.05, 3.63) is 96.3 Å². The standard InChI is InChI=1S/C22H24N4O3/c1-2-13-28-17-21(27)15-26-14-20(23-25-26)16-29-24-22(18-9-5-3-6-10-18)19-11-7-4-8-12-19/h2-12,14,21,27H,1,13,15-17H2. The summed E-state index contributed by atoms with van der Waals surface area (Å²) in [7, 11) is 0. The molecule has 0 aliphatic carbocycles. The Hall–Kier alpha value is -3.29. The van der Waals surface area contributed by atoms with Gasteiger partial charge in [0.1, 0.15) is 11.4 Å². The Labute approximate surface area is 169 Å². The third kappa shape index (κ3) is 6.38. The fourth-order valence-corrected chi connectivity index (χ4v) is 2.68. The topological polar surface area (TPSA) is 81.8 Å². The summed E-state index contributed by atoms with van der Waals surface area (Å²) in [5.74, 6) is 0. The van der Waals surface area contributed by atoms with E-state index in [0.717, 1.165) is 16.8 Å². The molecule has 1 unspecified atom stereocenters. The maximum absolute atomic E-state index is 9.94. The van der Waals surface area contributed by atoms with Gasteiger partial charge in [0.25, 0.3) is 0 Å². The predicted molar refractivity (Wildman–Crippen MR) is 110 cm³/mol. The molecule has 2 aromatic carbocycles. The van der Waals surface area contributed by atoms with Gasteiger partial charge < -0.3 is 14.7 Å². The van der Waals surface area contributed by atoms with Crippen LogP contribution in [-0.2, 0) is 22.7 Å². The van der Waals surface area contributed by atoms with E-state index in [1.807, 2.05) is 60.7 Å². The molecule has 3 aromatic rings. The number of benzene rings is 2. The summed E-state index contributed by atoms with van der Waals surface area (Å²) >= 11 is 0. The van der Waals surface area contributed by atoms with E-state index in [1.54, 1.807) is 17.0 Å². The Morgan fingerprint density at radius 3 is 2.38 bits per heavy atom. The van der Waals surface area contributed by atoms with E-state index < -0.39 is 6.10 Å². The van der Waals surface area contributed by atoms with Crippen molar-refractivity contribution in [3.8, 4) is 0 Å². The van der Waals surface area contributed by atoms with Crippen molar-refractivity contribution in [2.45, 2.75) is 19.3 Å². The van der Waals surface area contributed by atoms with Gasteiger partial charge in [-0.15, -0.1) is 11.7 Å². The third-order valence-corrected chi connectivity index (χ3v) is 3.99. The first-order valence-corrected chi connectivity index (χ1v) is 9.33. The molecule has 1 heterocycles. The average Bonchev–Trinajstić information content (AvgIpc) is 3.20. The zero-order chi connectivity index (χ0) is 20.3. The van der Waals surface area contributed by atoms with E-state index in [4.69, 9.17) is 9.57 Å². The summed E-state index contributed by atoms with van der Waals surface area (Å²) in [4.78, 5) is 5.56. The zero-order valence-electron chi connectivity index (χ0n) is 16.1. The van der Waals surface area contributed by atoms with E-state index in [1.165, 1.54) is 0 Å². The fourth-order valence-electron chi connectivity index (χ4n) is 2.68. The second-order valence-electron chi connectivity index (χ2n) is 6.36. The van der Waals surface area contributed by atoms with Crippen molar-refractivity contribution < 1.29 is 14.7 Å². The maximum atomic E-state index is 9.94. The molecule has 7 heteroatoms. The first-order chi connectivity index (χ1) is 14.3. The van der Waals surface area contributed by atoms with Gasteiger partial charge in [0.15, 0.2) is 6.61 Å². The molecule has 7 nitrogen and oxygen atoms in total. The fraction of sp³-hybridized carbons (Fsp3) is 0.227. The Bertz CT molecular complexity index is 869. The van der Waals surface area contributed by atoms with Crippen LogP contribution < -0.4 is 0 Å². The summed E-state index contributed by atoms with van der Waals surface area (Å²) in [6, 6.07) is 19.7.